The molecule has 0 aliphatic carbocycles. The van der Waals surface area contributed by atoms with Gasteiger partial charge in [0, 0.05) is 50.5 Å². The van der Waals surface area contributed by atoms with E-state index in [9.17, 15) is 14.9 Å². The number of β-amino-alcohol motifs (C(OH)–C–C–N with tert-alkyl or cyclic N) is 1. The maximum Gasteiger partial charge on any atom is 0.270 e. The molecule has 1 aliphatic heterocycles. The van der Waals surface area contributed by atoms with E-state index in [0.717, 1.165) is 0 Å². The van der Waals surface area contributed by atoms with Crippen molar-refractivity contribution in [2.45, 2.75) is 0 Å². The summed E-state index contributed by atoms with van der Waals surface area (Å²) in [6.45, 7) is 3.04. The Morgan fingerprint density at radius 3 is 2.57 bits per heavy atom. The van der Waals surface area contributed by atoms with Crippen LogP contribution >= 0.6 is 0 Å². The van der Waals surface area contributed by atoms with Crippen molar-refractivity contribution in [1.82, 2.24) is 9.80 Å². The van der Waals surface area contributed by atoms with Gasteiger partial charge in [-0.15, -0.1) is 0 Å². The van der Waals surface area contributed by atoms with Crippen molar-refractivity contribution in [3.8, 4) is 0 Å². The molecular formula is C13H18N4O4. The predicted molar refractivity (Wildman–Crippen MR) is 76.9 cm³/mol. The number of rotatable bonds is 4. The number of amides is 1. The highest BCUT2D eigenvalue weighted by molar-refractivity contribution is 5.99. The lowest BCUT2D eigenvalue weighted by molar-refractivity contribution is -0.384. The molecule has 1 heterocycles. The first kappa shape index (κ1) is 15.2. The molecule has 0 unspecified atom stereocenters. The molecular weight excluding hydrogens is 276 g/mol. The van der Waals surface area contributed by atoms with E-state index >= 15 is 0 Å². The first-order valence-electron chi connectivity index (χ1n) is 6.69. The quantitative estimate of drug-likeness (QED) is 0.456. The van der Waals surface area contributed by atoms with E-state index in [-0.39, 0.29) is 29.5 Å². The smallest absolute Gasteiger partial charge is 0.270 e. The van der Waals surface area contributed by atoms with Gasteiger partial charge in [-0.25, -0.2) is 0 Å². The van der Waals surface area contributed by atoms with Gasteiger partial charge in [0.2, 0.25) is 0 Å². The van der Waals surface area contributed by atoms with E-state index in [0.29, 0.717) is 32.7 Å². The van der Waals surface area contributed by atoms with Gasteiger partial charge in [-0.05, 0) is 6.07 Å². The highest BCUT2D eigenvalue weighted by atomic mass is 16.6. The van der Waals surface area contributed by atoms with E-state index in [1.54, 1.807) is 4.90 Å². The summed E-state index contributed by atoms with van der Waals surface area (Å²) in [5.41, 5.74) is 6.02. The number of piperazine rings is 1. The van der Waals surface area contributed by atoms with Gasteiger partial charge in [-0.3, -0.25) is 19.8 Å². The van der Waals surface area contributed by atoms with Gasteiger partial charge in [0.1, 0.15) is 0 Å². The van der Waals surface area contributed by atoms with Gasteiger partial charge in [-0.2, -0.15) is 0 Å². The van der Waals surface area contributed by atoms with Crippen molar-refractivity contribution in [1.29, 1.82) is 0 Å². The lowest BCUT2D eigenvalue weighted by Crippen LogP contribution is -2.49. The fourth-order valence-corrected chi connectivity index (χ4v) is 2.33. The summed E-state index contributed by atoms with van der Waals surface area (Å²) < 4.78 is 0. The molecule has 21 heavy (non-hydrogen) atoms. The Balaban J connectivity index is 2.10. The minimum absolute atomic E-state index is 0.0891. The fraction of sp³-hybridized carbons (Fsp3) is 0.462. The van der Waals surface area contributed by atoms with E-state index in [2.05, 4.69) is 4.90 Å². The minimum Gasteiger partial charge on any atom is -0.398 e. The molecule has 3 N–H and O–H groups in total. The number of nitro benzene ring substituents is 1. The standard InChI is InChI=1S/C13H18N4O4/c14-12-2-1-10(17(20)21)9-11(12)13(19)16-5-3-15(4-6-16)7-8-18/h1-2,9,18H,3-8,14H2. The molecule has 0 saturated carbocycles. The summed E-state index contributed by atoms with van der Waals surface area (Å²) >= 11 is 0. The lowest BCUT2D eigenvalue weighted by atomic mass is 10.1. The summed E-state index contributed by atoms with van der Waals surface area (Å²) in [5, 5.41) is 19.7. The van der Waals surface area contributed by atoms with E-state index < -0.39 is 4.92 Å². The van der Waals surface area contributed by atoms with Crippen molar-refractivity contribution in [3.05, 3.63) is 33.9 Å². The van der Waals surface area contributed by atoms with Crippen LogP contribution in [0.5, 0.6) is 0 Å². The topological polar surface area (TPSA) is 113 Å². The molecule has 8 nitrogen and oxygen atoms in total. The summed E-state index contributed by atoms with van der Waals surface area (Å²) in [6, 6.07) is 3.89. The van der Waals surface area contributed by atoms with Gasteiger partial charge < -0.3 is 15.7 Å². The minimum atomic E-state index is -0.546. The van der Waals surface area contributed by atoms with Crippen LogP contribution in [0.4, 0.5) is 11.4 Å². The van der Waals surface area contributed by atoms with Crippen LogP contribution in [0.2, 0.25) is 0 Å². The zero-order chi connectivity index (χ0) is 15.4. The molecule has 0 bridgehead atoms. The van der Waals surface area contributed by atoms with Crippen LogP contribution in [0.1, 0.15) is 10.4 Å². The van der Waals surface area contributed by atoms with Crippen LogP contribution in [-0.2, 0) is 0 Å². The number of anilines is 1. The van der Waals surface area contributed by atoms with Crippen molar-refractivity contribution >= 4 is 17.3 Å². The molecule has 114 valence electrons. The molecule has 1 aliphatic rings. The Kier molecular flexibility index (Phi) is 4.71. The van der Waals surface area contributed by atoms with Crippen molar-refractivity contribution in [3.63, 3.8) is 0 Å². The van der Waals surface area contributed by atoms with Gasteiger partial charge in [0.05, 0.1) is 17.1 Å². The first-order chi connectivity index (χ1) is 10.0. The predicted octanol–water partition coefficient (Wildman–Crippen LogP) is -0.0729. The molecule has 0 atom stereocenters. The van der Waals surface area contributed by atoms with Crippen molar-refractivity contribution < 1.29 is 14.8 Å². The maximum atomic E-state index is 12.4. The Morgan fingerprint density at radius 2 is 2.00 bits per heavy atom. The molecule has 8 heteroatoms. The van der Waals surface area contributed by atoms with Crippen LogP contribution in [-0.4, -0.2) is 65.1 Å². The Labute approximate surface area is 121 Å². The van der Waals surface area contributed by atoms with Gasteiger partial charge in [0.15, 0.2) is 0 Å². The number of hydrogen-bond donors (Lipinski definition) is 2. The summed E-state index contributed by atoms with van der Waals surface area (Å²) in [5.74, 6) is -0.292. The van der Waals surface area contributed by atoms with Gasteiger partial charge >= 0.3 is 0 Å². The van der Waals surface area contributed by atoms with E-state index in [1.807, 2.05) is 0 Å². The number of nitrogens with zero attached hydrogens (tertiary/aromatic N) is 3. The van der Waals surface area contributed by atoms with Gasteiger partial charge in [0.25, 0.3) is 11.6 Å². The van der Waals surface area contributed by atoms with Crippen LogP contribution < -0.4 is 5.73 Å². The average molecular weight is 294 g/mol. The molecule has 0 spiro atoms. The van der Waals surface area contributed by atoms with Crippen LogP contribution in [0, 0.1) is 10.1 Å². The molecule has 0 radical (unpaired) electrons. The number of aliphatic hydroxyl groups excluding tert-OH is 1. The van der Waals surface area contributed by atoms with Crippen molar-refractivity contribution in [2.75, 3.05) is 45.1 Å². The zero-order valence-corrected chi connectivity index (χ0v) is 11.6. The molecule has 1 amide bonds. The monoisotopic (exact) mass is 294 g/mol. The second-order valence-electron chi connectivity index (χ2n) is 4.89. The molecule has 0 aromatic heterocycles. The largest absolute Gasteiger partial charge is 0.398 e. The first-order valence-corrected chi connectivity index (χ1v) is 6.69. The molecule has 2 rings (SSSR count). The molecule has 1 saturated heterocycles. The highest BCUT2D eigenvalue weighted by Crippen LogP contribution is 2.21. The lowest BCUT2D eigenvalue weighted by Gasteiger charge is -2.34. The second kappa shape index (κ2) is 6.51. The second-order valence-corrected chi connectivity index (χ2v) is 4.89. The molecule has 1 aromatic carbocycles. The number of non-ortho nitro benzene ring substituents is 1. The number of benzene rings is 1. The number of aliphatic hydroxyl groups is 1. The maximum absolute atomic E-state index is 12.4. The van der Waals surface area contributed by atoms with Crippen LogP contribution in [0.3, 0.4) is 0 Å². The number of carbonyl (C=O) groups excluding carboxylic acids is 1. The summed E-state index contributed by atoms with van der Waals surface area (Å²) in [7, 11) is 0. The fourth-order valence-electron chi connectivity index (χ4n) is 2.33. The van der Waals surface area contributed by atoms with Crippen molar-refractivity contribution in [2.24, 2.45) is 0 Å². The number of hydrogen-bond acceptors (Lipinski definition) is 6. The number of nitrogen functional groups attached to an aromatic ring is 1. The van der Waals surface area contributed by atoms with Gasteiger partial charge in [-0.1, -0.05) is 0 Å². The molecule has 1 fully saturated rings. The third-order valence-electron chi connectivity index (χ3n) is 3.55. The third-order valence-corrected chi connectivity index (χ3v) is 3.55. The SMILES string of the molecule is Nc1ccc([N+](=O)[O-])cc1C(=O)N1CCN(CCO)CC1. The molecule has 1 aromatic rings. The Morgan fingerprint density at radius 1 is 1.33 bits per heavy atom. The van der Waals surface area contributed by atoms with Crippen LogP contribution in [0.15, 0.2) is 18.2 Å². The number of nitro groups is 1. The van der Waals surface area contributed by atoms with E-state index in [4.69, 9.17) is 10.8 Å². The van der Waals surface area contributed by atoms with Crippen LogP contribution in [0.25, 0.3) is 0 Å². The summed E-state index contributed by atoms with van der Waals surface area (Å²) in [6.07, 6.45) is 0. The zero-order valence-electron chi connectivity index (χ0n) is 11.6. The Bertz CT molecular complexity index is 541. The summed E-state index contributed by atoms with van der Waals surface area (Å²) in [4.78, 5) is 26.3. The number of nitrogens with two attached hydrogens (primary N) is 1. The number of carbonyl (C=O) groups is 1. The highest BCUT2D eigenvalue weighted by Gasteiger charge is 2.24. The third kappa shape index (κ3) is 3.47. The normalized spacial score (nSPS) is 16.0. The van der Waals surface area contributed by atoms with E-state index in [1.165, 1.54) is 18.2 Å². The Hall–Kier alpha value is -2.19. The average Bonchev–Trinajstić information content (AvgIpc) is 2.48.